The summed E-state index contributed by atoms with van der Waals surface area (Å²) in [7, 11) is -1.68. The highest BCUT2D eigenvalue weighted by Gasteiger charge is 2.36. The van der Waals surface area contributed by atoms with Gasteiger partial charge >= 0.3 is 0 Å². The van der Waals surface area contributed by atoms with Crippen LogP contribution in [0.25, 0.3) is 11.1 Å². The molecule has 1 aromatic carbocycles. The molecule has 0 spiro atoms. The van der Waals surface area contributed by atoms with E-state index in [1.807, 2.05) is 24.3 Å². The smallest absolute Gasteiger partial charge is 0.280 e. The molecule has 0 unspecified atom stereocenters. The number of hydrogen-bond acceptors (Lipinski definition) is 4. The maximum absolute atomic E-state index is 11.2. The zero-order valence-electron chi connectivity index (χ0n) is 16.3. The molecule has 0 fully saturated rings. The molecular formula is C20H28N2O3Si. The maximum Gasteiger partial charge on any atom is 0.280 e. The molecule has 140 valence electrons. The molecule has 6 heteroatoms. The van der Waals surface area contributed by atoms with E-state index in [-0.39, 0.29) is 15.6 Å². The minimum absolute atomic E-state index is 0.0792. The van der Waals surface area contributed by atoms with Crippen LogP contribution >= 0.6 is 0 Å². The van der Waals surface area contributed by atoms with Gasteiger partial charge in [-0.3, -0.25) is 15.1 Å². The molecule has 0 amide bonds. The molecular weight excluding hydrogens is 344 g/mol. The average molecular weight is 373 g/mol. The standard InChI is InChI=1S/C20H28N2O3Si/c1-20(2,3)26(4,5)25-14-6-7-16-8-10-17(11-9-16)18-15-21-13-12-19(18)22(23)24/h8-13,15H,6-7,14H2,1-5H3. The number of aryl methyl sites for hydroxylation is 1. The van der Waals surface area contributed by atoms with E-state index >= 15 is 0 Å². The van der Waals surface area contributed by atoms with Gasteiger partial charge in [0.1, 0.15) is 0 Å². The second kappa shape index (κ2) is 8.10. The third kappa shape index (κ3) is 4.99. The Morgan fingerprint density at radius 2 is 1.81 bits per heavy atom. The monoisotopic (exact) mass is 372 g/mol. The topological polar surface area (TPSA) is 65.3 Å². The lowest BCUT2D eigenvalue weighted by Gasteiger charge is -2.36. The zero-order valence-corrected chi connectivity index (χ0v) is 17.3. The van der Waals surface area contributed by atoms with E-state index in [4.69, 9.17) is 4.43 Å². The molecule has 0 aliphatic heterocycles. The predicted molar refractivity (Wildman–Crippen MR) is 108 cm³/mol. The number of hydrogen-bond donors (Lipinski definition) is 0. The van der Waals surface area contributed by atoms with Crippen molar-refractivity contribution >= 4 is 14.0 Å². The van der Waals surface area contributed by atoms with E-state index in [2.05, 4.69) is 38.8 Å². The first-order valence-corrected chi connectivity index (χ1v) is 11.8. The molecule has 2 rings (SSSR count). The molecule has 0 aliphatic carbocycles. The van der Waals surface area contributed by atoms with Crippen LogP contribution in [0.4, 0.5) is 5.69 Å². The highest BCUT2D eigenvalue weighted by molar-refractivity contribution is 6.74. The Morgan fingerprint density at radius 3 is 2.38 bits per heavy atom. The van der Waals surface area contributed by atoms with Gasteiger partial charge in [0, 0.05) is 25.1 Å². The fourth-order valence-electron chi connectivity index (χ4n) is 2.44. The van der Waals surface area contributed by atoms with Crippen molar-refractivity contribution in [2.45, 2.75) is 51.7 Å². The number of rotatable bonds is 7. The summed E-state index contributed by atoms with van der Waals surface area (Å²) < 4.78 is 6.21. The van der Waals surface area contributed by atoms with Gasteiger partial charge in [-0.2, -0.15) is 0 Å². The van der Waals surface area contributed by atoms with Gasteiger partial charge in [0.25, 0.3) is 5.69 Å². The average Bonchev–Trinajstić information content (AvgIpc) is 2.58. The Labute approximate surface area is 156 Å². The summed E-state index contributed by atoms with van der Waals surface area (Å²) in [4.78, 5) is 14.8. The van der Waals surface area contributed by atoms with E-state index in [0.717, 1.165) is 25.0 Å². The van der Waals surface area contributed by atoms with Gasteiger partial charge in [-0.05, 0) is 42.1 Å². The number of benzene rings is 1. The van der Waals surface area contributed by atoms with E-state index in [1.165, 1.54) is 17.8 Å². The number of pyridine rings is 1. The molecule has 0 bridgehead atoms. The number of nitrogens with zero attached hydrogens (tertiary/aromatic N) is 2. The second-order valence-electron chi connectivity index (χ2n) is 8.06. The summed E-state index contributed by atoms with van der Waals surface area (Å²) in [6, 6.07) is 9.33. The summed E-state index contributed by atoms with van der Waals surface area (Å²) in [5.74, 6) is 0. The van der Waals surface area contributed by atoms with Crippen molar-refractivity contribution in [2.75, 3.05) is 6.61 Å². The lowest BCUT2D eigenvalue weighted by molar-refractivity contribution is -0.384. The quantitative estimate of drug-likeness (QED) is 0.274. The summed E-state index contributed by atoms with van der Waals surface area (Å²) in [5.41, 5.74) is 2.64. The van der Waals surface area contributed by atoms with Crippen molar-refractivity contribution < 1.29 is 9.35 Å². The fourth-order valence-corrected chi connectivity index (χ4v) is 3.53. The first-order valence-electron chi connectivity index (χ1n) is 8.93. The van der Waals surface area contributed by atoms with Gasteiger partial charge in [-0.15, -0.1) is 0 Å². The van der Waals surface area contributed by atoms with Crippen LogP contribution in [0.15, 0.2) is 42.7 Å². The molecule has 0 radical (unpaired) electrons. The molecule has 5 nitrogen and oxygen atoms in total. The van der Waals surface area contributed by atoms with Gasteiger partial charge in [0.05, 0.1) is 10.5 Å². The zero-order chi connectivity index (χ0) is 19.4. The minimum Gasteiger partial charge on any atom is -0.417 e. The molecule has 1 aromatic heterocycles. The molecule has 0 atom stereocenters. The summed E-state index contributed by atoms with van der Waals surface area (Å²) >= 11 is 0. The van der Waals surface area contributed by atoms with Crippen LogP contribution in [0, 0.1) is 10.1 Å². The van der Waals surface area contributed by atoms with Crippen LogP contribution in [0.2, 0.25) is 18.1 Å². The molecule has 0 saturated heterocycles. The highest BCUT2D eigenvalue weighted by atomic mass is 28.4. The third-order valence-electron chi connectivity index (χ3n) is 5.14. The molecule has 0 aliphatic rings. The predicted octanol–water partition coefficient (Wildman–Crippen LogP) is 5.61. The lowest BCUT2D eigenvalue weighted by Crippen LogP contribution is -2.41. The Bertz CT molecular complexity index is 752. The van der Waals surface area contributed by atoms with Gasteiger partial charge in [0.2, 0.25) is 0 Å². The SMILES string of the molecule is CC(C)(C)[Si](C)(C)OCCCc1ccc(-c2cnccc2[N+](=O)[O-])cc1. The largest absolute Gasteiger partial charge is 0.417 e. The van der Waals surface area contributed by atoms with Gasteiger partial charge in [-0.25, -0.2) is 0 Å². The van der Waals surface area contributed by atoms with Crippen LogP contribution in [-0.2, 0) is 10.8 Å². The Kier molecular flexibility index (Phi) is 6.31. The Balaban J connectivity index is 1.96. The van der Waals surface area contributed by atoms with Crippen molar-refractivity contribution in [2.24, 2.45) is 0 Å². The maximum atomic E-state index is 11.2. The Morgan fingerprint density at radius 1 is 1.15 bits per heavy atom. The van der Waals surface area contributed by atoms with Gasteiger partial charge in [-0.1, -0.05) is 45.0 Å². The van der Waals surface area contributed by atoms with E-state index < -0.39 is 8.32 Å². The van der Waals surface area contributed by atoms with Crippen LogP contribution < -0.4 is 0 Å². The Hall–Kier alpha value is -2.05. The van der Waals surface area contributed by atoms with Crippen molar-refractivity contribution in [3.8, 4) is 11.1 Å². The van der Waals surface area contributed by atoms with Crippen LogP contribution in [0.1, 0.15) is 32.8 Å². The van der Waals surface area contributed by atoms with E-state index in [9.17, 15) is 10.1 Å². The number of nitro groups is 1. The van der Waals surface area contributed by atoms with Crippen molar-refractivity contribution in [3.63, 3.8) is 0 Å². The number of aromatic nitrogens is 1. The van der Waals surface area contributed by atoms with Crippen LogP contribution in [-0.4, -0.2) is 24.8 Å². The van der Waals surface area contributed by atoms with Crippen molar-refractivity contribution in [1.82, 2.24) is 4.98 Å². The second-order valence-corrected chi connectivity index (χ2v) is 12.9. The first-order chi connectivity index (χ1) is 12.1. The summed E-state index contributed by atoms with van der Waals surface area (Å²) in [5, 5.41) is 11.4. The summed E-state index contributed by atoms with van der Waals surface area (Å²) in [6.07, 6.45) is 4.89. The highest BCUT2D eigenvalue weighted by Crippen LogP contribution is 2.36. The van der Waals surface area contributed by atoms with Gasteiger partial charge < -0.3 is 4.43 Å². The normalized spacial score (nSPS) is 12.2. The van der Waals surface area contributed by atoms with Crippen molar-refractivity contribution in [3.05, 3.63) is 58.4 Å². The molecule has 0 saturated carbocycles. The minimum atomic E-state index is -1.68. The fraction of sp³-hybridized carbons (Fsp3) is 0.450. The first kappa shape index (κ1) is 20.3. The lowest BCUT2D eigenvalue weighted by atomic mass is 10.0. The van der Waals surface area contributed by atoms with Crippen LogP contribution in [0.3, 0.4) is 0 Å². The molecule has 1 heterocycles. The van der Waals surface area contributed by atoms with Crippen LogP contribution in [0.5, 0.6) is 0 Å². The third-order valence-corrected chi connectivity index (χ3v) is 9.68. The van der Waals surface area contributed by atoms with E-state index in [1.54, 1.807) is 6.20 Å². The molecule has 26 heavy (non-hydrogen) atoms. The molecule has 0 N–H and O–H groups in total. The van der Waals surface area contributed by atoms with Crippen molar-refractivity contribution in [1.29, 1.82) is 0 Å². The van der Waals surface area contributed by atoms with E-state index in [0.29, 0.717) is 5.56 Å². The van der Waals surface area contributed by atoms with Gasteiger partial charge in [0.15, 0.2) is 8.32 Å². The summed E-state index contributed by atoms with van der Waals surface area (Å²) in [6.45, 7) is 12.0. The molecule has 2 aromatic rings.